The zero-order valence-corrected chi connectivity index (χ0v) is 26.5. The van der Waals surface area contributed by atoms with E-state index in [0.29, 0.717) is 16.5 Å². The minimum Gasteiger partial charge on any atom is -0.493 e. The first-order valence-corrected chi connectivity index (χ1v) is 15.6. The second kappa shape index (κ2) is 13.4. The number of hydrogen-bond donors (Lipinski definition) is 1. The van der Waals surface area contributed by atoms with Crippen molar-refractivity contribution in [2.75, 3.05) is 25.1 Å². The lowest BCUT2D eigenvalue weighted by molar-refractivity contribution is -0.134. The highest BCUT2D eigenvalue weighted by molar-refractivity contribution is 6.30. The van der Waals surface area contributed by atoms with E-state index in [1.807, 2.05) is 77.4 Å². The molecule has 2 aliphatic rings. The number of carbonyl (C=O) groups excluding carboxylic acids is 2. The summed E-state index contributed by atoms with van der Waals surface area (Å²) in [4.78, 5) is 30.5. The number of benzene rings is 3. The Morgan fingerprint density at radius 2 is 1.81 bits per heavy atom. The SMILES string of the molecule is CCC(C)Oc1cc2c(cc1OC)CC(=O)N(c1ccc(C(C)N(C(C)=O)C3CCCNC3)cc1)C2c1ccc(Cl)cc1. The molecule has 0 aromatic heterocycles. The van der Waals surface area contributed by atoms with E-state index in [1.54, 1.807) is 14.0 Å². The number of nitrogens with one attached hydrogen (secondary N) is 1. The molecule has 0 saturated carbocycles. The summed E-state index contributed by atoms with van der Waals surface area (Å²) in [7, 11) is 1.62. The van der Waals surface area contributed by atoms with Crippen molar-refractivity contribution in [1.29, 1.82) is 0 Å². The molecular formula is C35H42ClN3O4. The Bertz CT molecular complexity index is 1440. The van der Waals surface area contributed by atoms with Crippen molar-refractivity contribution in [3.8, 4) is 11.5 Å². The van der Waals surface area contributed by atoms with Crippen LogP contribution in [0.1, 0.15) is 81.3 Å². The largest absolute Gasteiger partial charge is 0.493 e. The molecule has 4 atom stereocenters. The van der Waals surface area contributed by atoms with Gasteiger partial charge in [-0.1, -0.05) is 42.8 Å². The summed E-state index contributed by atoms with van der Waals surface area (Å²) in [6.45, 7) is 9.64. The van der Waals surface area contributed by atoms with Crippen molar-refractivity contribution < 1.29 is 19.1 Å². The number of fused-ring (bicyclic) bond motifs is 1. The van der Waals surface area contributed by atoms with Gasteiger partial charge in [0.1, 0.15) is 0 Å². The Morgan fingerprint density at radius 1 is 1.09 bits per heavy atom. The van der Waals surface area contributed by atoms with Gasteiger partial charge in [0, 0.05) is 30.2 Å². The molecule has 5 rings (SSSR count). The fraction of sp³-hybridized carbons (Fsp3) is 0.429. The van der Waals surface area contributed by atoms with Gasteiger partial charge >= 0.3 is 0 Å². The van der Waals surface area contributed by atoms with Crippen LogP contribution in [0.25, 0.3) is 0 Å². The summed E-state index contributed by atoms with van der Waals surface area (Å²) >= 11 is 6.27. The summed E-state index contributed by atoms with van der Waals surface area (Å²) in [6, 6.07) is 19.4. The van der Waals surface area contributed by atoms with Crippen LogP contribution in [0.4, 0.5) is 5.69 Å². The number of nitrogens with zero attached hydrogens (tertiary/aromatic N) is 2. The van der Waals surface area contributed by atoms with Gasteiger partial charge in [0.25, 0.3) is 0 Å². The zero-order chi connectivity index (χ0) is 30.7. The molecule has 0 aliphatic carbocycles. The van der Waals surface area contributed by atoms with Crippen molar-refractivity contribution in [2.24, 2.45) is 0 Å². The normalized spacial score (nSPS) is 19.8. The van der Waals surface area contributed by atoms with Crippen LogP contribution < -0.4 is 19.7 Å². The first-order valence-electron chi connectivity index (χ1n) is 15.3. The van der Waals surface area contributed by atoms with Gasteiger partial charge in [-0.3, -0.25) is 9.59 Å². The maximum atomic E-state index is 13.9. The number of methoxy groups -OCH3 is 1. The molecule has 3 aromatic carbocycles. The fourth-order valence-corrected chi connectivity index (χ4v) is 6.49. The topological polar surface area (TPSA) is 71.1 Å². The van der Waals surface area contributed by atoms with Crippen LogP contribution in [0.3, 0.4) is 0 Å². The van der Waals surface area contributed by atoms with Crippen LogP contribution in [-0.4, -0.2) is 49.1 Å². The molecule has 0 bridgehead atoms. The van der Waals surface area contributed by atoms with Gasteiger partial charge in [-0.25, -0.2) is 0 Å². The molecule has 7 nitrogen and oxygen atoms in total. The van der Waals surface area contributed by atoms with Gasteiger partial charge in [0.05, 0.1) is 31.7 Å². The number of rotatable bonds is 9. The second-order valence-corrected chi connectivity index (χ2v) is 12.1. The van der Waals surface area contributed by atoms with E-state index < -0.39 is 0 Å². The molecular weight excluding hydrogens is 562 g/mol. The van der Waals surface area contributed by atoms with Crippen LogP contribution in [0.2, 0.25) is 5.02 Å². The molecule has 228 valence electrons. The van der Waals surface area contributed by atoms with Gasteiger partial charge in [-0.2, -0.15) is 0 Å². The third-order valence-electron chi connectivity index (χ3n) is 8.78. The van der Waals surface area contributed by atoms with E-state index in [4.69, 9.17) is 21.1 Å². The van der Waals surface area contributed by atoms with Gasteiger partial charge in [0.15, 0.2) is 11.5 Å². The summed E-state index contributed by atoms with van der Waals surface area (Å²) in [5.74, 6) is 1.34. The molecule has 2 heterocycles. The standard InChI is InChI=1S/C35H42ClN3O4/c1-6-22(2)43-33-20-31-27(18-32(33)42-5)19-34(41)39(35(31)26-9-13-28(36)14-10-26)29-15-11-25(12-16-29)23(3)38(24(4)40)30-8-7-17-37-21-30/h9-16,18,20,22-23,30,35,37H,6-8,17,19,21H2,1-5H3. The third kappa shape index (κ3) is 6.53. The lowest BCUT2D eigenvalue weighted by atomic mass is 9.86. The molecule has 1 N–H and O–H groups in total. The summed E-state index contributed by atoms with van der Waals surface area (Å²) in [5, 5.41) is 4.06. The van der Waals surface area contributed by atoms with Gasteiger partial charge < -0.3 is 24.6 Å². The van der Waals surface area contributed by atoms with Crippen molar-refractivity contribution >= 4 is 29.1 Å². The number of anilines is 1. The molecule has 0 radical (unpaired) electrons. The number of halogens is 1. The molecule has 0 spiro atoms. The molecule has 1 saturated heterocycles. The van der Waals surface area contributed by atoms with Crippen LogP contribution in [0.5, 0.6) is 11.5 Å². The quantitative estimate of drug-likeness (QED) is 0.289. The third-order valence-corrected chi connectivity index (χ3v) is 9.03. The van der Waals surface area contributed by atoms with E-state index in [-0.39, 0.29) is 42.5 Å². The van der Waals surface area contributed by atoms with Crippen LogP contribution in [0, 0.1) is 0 Å². The number of ether oxygens (including phenoxy) is 2. The number of piperidine rings is 1. The summed E-state index contributed by atoms with van der Waals surface area (Å²) < 4.78 is 11.9. The summed E-state index contributed by atoms with van der Waals surface area (Å²) in [6.07, 6.45) is 3.16. The van der Waals surface area contributed by atoms with Gasteiger partial charge in [-0.15, -0.1) is 0 Å². The lowest BCUT2D eigenvalue weighted by Gasteiger charge is -2.39. The molecule has 8 heteroatoms. The number of hydrogen-bond acceptors (Lipinski definition) is 5. The van der Waals surface area contributed by atoms with E-state index in [9.17, 15) is 9.59 Å². The van der Waals surface area contributed by atoms with Crippen LogP contribution in [0.15, 0.2) is 60.7 Å². The Hall–Kier alpha value is -3.55. The first kappa shape index (κ1) is 30.9. The lowest BCUT2D eigenvalue weighted by Crippen LogP contribution is -2.49. The van der Waals surface area contributed by atoms with Gasteiger partial charge in [0.2, 0.25) is 11.8 Å². The van der Waals surface area contributed by atoms with E-state index >= 15 is 0 Å². The van der Waals surface area contributed by atoms with Gasteiger partial charge in [-0.05, 0) is 98.3 Å². The van der Waals surface area contributed by atoms with Crippen LogP contribution in [-0.2, 0) is 16.0 Å². The Labute approximate surface area is 260 Å². The smallest absolute Gasteiger partial charge is 0.232 e. The Kier molecular flexibility index (Phi) is 9.62. The maximum Gasteiger partial charge on any atom is 0.232 e. The van der Waals surface area contributed by atoms with E-state index in [1.165, 1.54) is 0 Å². The Balaban J connectivity index is 1.54. The first-order chi connectivity index (χ1) is 20.7. The van der Waals surface area contributed by atoms with Crippen molar-refractivity contribution in [2.45, 2.75) is 77.6 Å². The predicted molar refractivity (Wildman–Crippen MR) is 171 cm³/mol. The highest BCUT2D eigenvalue weighted by Gasteiger charge is 2.36. The predicted octanol–water partition coefficient (Wildman–Crippen LogP) is 6.87. The number of amides is 2. The highest BCUT2D eigenvalue weighted by atomic mass is 35.5. The van der Waals surface area contributed by atoms with Crippen molar-refractivity contribution in [3.63, 3.8) is 0 Å². The fourth-order valence-electron chi connectivity index (χ4n) is 6.37. The molecule has 2 amide bonds. The molecule has 3 aromatic rings. The summed E-state index contributed by atoms with van der Waals surface area (Å²) in [5.41, 5.74) is 4.68. The van der Waals surface area contributed by atoms with E-state index in [0.717, 1.165) is 60.3 Å². The average molecular weight is 604 g/mol. The number of carbonyl (C=O) groups is 2. The van der Waals surface area contributed by atoms with Crippen molar-refractivity contribution in [1.82, 2.24) is 10.2 Å². The zero-order valence-electron chi connectivity index (χ0n) is 25.7. The monoisotopic (exact) mass is 603 g/mol. The molecule has 2 aliphatic heterocycles. The highest BCUT2D eigenvalue weighted by Crippen LogP contribution is 2.44. The van der Waals surface area contributed by atoms with E-state index in [2.05, 4.69) is 19.2 Å². The average Bonchev–Trinajstić information content (AvgIpc) is 3.01. The molecule has 1 fully saturated rings. The Morgan fingerprint density at radius 3 is 2.42 bits per heavy atom. The minimum atomic E-state index is -0.385. The second-order valence-electron chi connectivity index (χ2n) is 11.6. The molecule has 43 heavy (non-hydrogen) atoms. The van der Waals surface area contributed by atoms with Crippen molar-refractivity contribution in [3.05, 3.63) is 87.9 Å². The maximum absolute atomic E-state index is 13.9. The molecule has 4 unspecified atom stereocenters. The van der Waals surface area contributed by atoms with Crippen LogP contribution >= 0.6 is 11.6 Å². The minimum absolute atomic E-state index is 0.00969.